The fraction of sp³-hybridized carbons (Fsp3) is 0.353. The molecule has 0 saturated heterocycles. The maximum absolute atomic E-state index is 11.5. The number of hydrogen-bond acceptors (Lipinski definition) is 4. The Balaban J connectivity index is 1.89. The summed E-state index contributed by atoms with van der Waals surface area (Å²) >= 11 is 1.76. The van der Waals surface area contributed by atoms with Crippen molar-refractivity contribution in [2.24, 2.45) is 0 Å². The van der Waals surface area contributed by atoms with Gasteiger partial charge in [-0.15, -0.1) is 0 Å². The van der Waals surface area contributed by atoms with E-state index in [1.54, 1.807) is 17.8 Å². The molecule has 1 aromatic carbocycles. The van der Waals surface area contributed by atoms with Gasteiger partial charge >= 0.3 is 0 Å². The Morgan fingerprint density at radius 2 is 2.09 bits per heavy atom. The third-order valence-corrected chi connectivity index (χ3v) is 3.81. The van der Waals surface area contributed by atoms with Crippen LogP contribution in [-0.4, -0.2) is 24.0 Å². The second-order valence-corrected chi connectivity index (χ2v) is 6.11. The Bertz CT molecular complexity index is 566. The molecule has 1 aliphatic heterocycles. The molecule has 0 spiro atoms. The maximum atomic E-state index is 11.5. The zero-order chi connectivity index (χ0) is 15.9. The van der Waals surface area contributed by atoms with Crippen molar-refractivity contribution in [3.8, 4) is 5.75 Å². The predicted molar refractivity (Wildman–Crippen MR) is 89.7 cm³/mol. The molecule has 1 amide bonds. The first kappa shape index (κ1) is 16.5. The van der Waals surface area contributed by atoms with E-state index in [4.69, 9.17) is 9.47 Å². The van der Waals surface area contributed by atoms with Gasteiger partial charge in [-0.3, -0.25) is 4.79 Å². The van der Waals surface area contributed by atoms with Gasteiger partial charge < -0.3 is 14.8 Å². The van der Waals surface area contributed by atoms with Crippen molar-refractivity contribution in [3.05, 3.63) is 54.0 Å². The molecule has 1 aliphatic rings. The number of amides is 1. The van der Waals surface area contributed by atoms with E-state index in [2.05, 4.69) is 18.2 Å². The van der Waals surface area contributed by atoms with Crippen LogP contribution in [0.4, 0.5) is 0 Å². The summed E-state index contributed by atoms with van der Waals surface area (Å²) in [6, 6.07) is 7.64. The molecule has 0 fully saturated rings. The van der Waals surface area contributed by atoms with Crippen molar-refractivity contribution in [2.45, 2.75) is 26.0 Å². The monoisotopic (exact) mass is 319 g/mol. The molecule has 1 N–H and O–H groups in total. The standard InChI is InChI=1S/C17H21NO3S/c1-12(2)21-14-6-4-13(5-7-14)11-20-16-10-17(19)18-15(16)8-9-22-3/h4-7,10,15H,1,8-9,11H2,2-3H3,(H,18,19)/t15-/m0/s1. The van der Waals surface area contributed by atoms with Crippen molar-refractivity contribution in [1.82, 2.24) is 5.32 Å². The van der Waals surface area contributed by atoms with Gasteiger partial charge in [-0.25, -0.2) is 0 Å². The van der Waals surface area contributed by atoms with Crippen LogP contribution >= 0.6 is 11.8 Å². The number of hydrogen-bond donors (Lipinski definition) is 1. The summed E-state index contributed by atoms with van der Waals surface area (Å²) in [5.41, 5.74) is 1.03. The molecule has 118 valence electrons. The van der Waals surface area contributed by atoms with E-state index in [9.17, 15) is 4.79 Å². The summed E-state index contributed by atoms with van der Waals surface area (Å²) in [6.07, 6.45) is 4.48. The zero-order valence-electron chi connectivity index (χ0n) is 12.9. The van der Waals surface area contributed by atoms with E-state index in [1.165, 1.54) is 0 Å². The summed E-state index contributed by atoms with van der Waals surface area (Å²) in [6.45, 7) is 5.95. The van der Waals surface area contributed by atoms with E-state index in [-0.39, 0.29) is 11.9 Å². The fourth-order valence-electron chi connectivity index (χ4n) is 2.13. The van der Waals surface area contributed by atoms with Crippen LogP contribution in [0.2, 0.25) is 0 Å². The van der Waals surface area contributed by atoms with Crippen LogP contribution in [0.15, 0.2) is 48.4 Å². The number of ether oxygens (including phenoxy) is 2. The largest absolute Gasteiger partial charge is 0.491 e. The van der Waals surface area contributed by atoms with Crippen LogP contribution < -0.4 is 10.1 Å². The fourth-order valence-corrected chi connectivity index (χ4v) is 2.60. The SMILES string of the molecule is C=C(C)Oc1ccc(COC2=CC(=O)N[C@H]2CCSC)cc1. The minimum Gasteiger partial charge on any atom is -0.491 e. The lowest BCUT2D eigenvalue weighted by Crippen LogP contribution is -2.29. The van der Waals surface area contributed by atoms with Gasteiger partial charge in [0, 0.05) is 6.08 Å². The molecule has 1 heterocycles. The first-order valence-electron chi connectivity index (χ1n) is 7.14. The van der Waals surface area contributed by atoms with Gasteiger partial charge in [0.1, 0.15) is 18.1 Å². The van der Waals surface area contributed by atoms with Gasteiger partial charge in [-0.05, 0) is 43.0 Å². The van der Waals surface area contributed by atoms with Crippen molar-refractivity contribution in [3.63, 3.8) is 0 Å². The molecule has 22 heavy (non-hydrogen) atoms. The highest BCUT2D eigenvalue weighted by Gasteiger charge is 2.24. The van der Waals surface area contributed by atoms with Gasteiger partial charge in [-0.2, -0.15) is 11.8 Å². The summed E-state index contributed by atoms with van der Waals surface area (Å²) in [5, 5.41) is 2.91. The van der Waals surface area contributed by atoms with Crippen LogP contribution in [0.25, 0.3) is 0 Å². The second kappa shape index (κ2) is 7.94. The first-order chi connectivity index (χ1) is 10.6. The van der Waals surface area contributed by atoms with Gasteiger partial charge in [0.05, 0.1) is 11.8 Å². The summed E-state index contributed by atoms with van der Waals surface area (Å²) in [5.74, 6) is 3.04. The van der Waals surface area contributed by atoms with E-state index in [0.29, 0.717) is 12.4 Å². The molecule has 0 aromatic heterocycles. The lowest BCUT2D eigenvalue weighted by molar-refractivity contribution is -0.116. The summed E-state index contributed by atoms with van der Waals surface area (Å²) in [4.78, 5) is 11.5. The second-order valence-electron chi connectivity index (χ2n) is 5.13. The van der Waals surface area contributed by atoms with E-state index in [1.807, 2.05) is 31.2 Å². The number of thioether (sulfide) groups is 1. The van der Waals surface area contributed by atoms with Crippen molar-refractivity contribution >= 4 is 17.7 Å². The average Bonchev–Trinajstić information content (AvgIpc) is 2.84. The Labute approximate surface area is 135 Å². The maximum Gasteiger partial charge on any atom is 0.248 e. The Morgan fingerprint density at radius 3 is 2.73 bits per heavy atom. The number of benzene rings is 1. The van der Waals surface area contributed by atoms with Crippen LogP contribution in [0.3, 0.4) is 0 Å². The van der Waals surface area contributed by atoms with Crippen molar-refractivity contribution < 1.29 is 14.3 Å². The van der Waals surface area contributed by atoms with Crippen LogP contribution in [0.1, 0.15) is 18.9 Å². The highest BCUT2D eigenvalue weighted by molar-refractivity contribution is 7.98. The van der Waals surface area contributed by atoms with Crippen molar-refractivity contribution in [2.75, 3.05) is 12.0 Å². The first-order valence-corrected chi connectivity index (χ1v) is 8.54. The lowest BCUT2D eigenvalue weighted by atomic mass is 10.2. The highest BCUT2D eigenvalue weighted by Crippen LogP contribution is 2.20. The van der Waals surface area contributed by atoms with Gasteiger partial charge in [-0.1, -0.05) is 18.7 Å². The third kappa shape index (κ3) is 4.84. The third-order valence-electron chi connectivity index (χ3n) is 3.16. The van der Waals surface area contributed by atoms with Gasteiger partial charge in [0.2, 0.25) is 5.91 Å². The summed E-state index contributed by atoms with van der Waals surface area (Å²) < 4.78 is 11.2. The molecule has 0 radical (unpaired) electrons. The van der Waals surface area contributed by atoms with Crippen LogP contribution in [0.5, 0.6) is 5.75 Å². The highest BCUT2D eigenvalue weighted by atomic mass is 32.2. The predicted octanol–water partition coefficient (Wildman–Crippen LogP) is 3.25. The molecule has 1 aromatic rings. The normalized spacial score (nSPS) is 16.9. The van der Waals surface area contributed by atoms with Gasteiger partial charge in [0.25, 0.3) is 0 Å². The molecule has 0 bridgehead atoms. The molecule has 0 saturated carbocycles. The molecule has 5 heteroatoms. The minimum absolute atomic E-state index is 0.00836. The average molecular weight is 319 g/mol. The van der Waals surface area contributed by atoms with E-state index >= 15 is 0 Å². The Hall–Kier alpha value is -1.88. The van der Waals surface area contributed by atoms with E-state index < -0.39 is 0 Å². The quantitative estimate of drug-likeness (QED) is 0.747. The minimum atomic E-state index is -0.0775. The zero-order valence-corrected chi connectivity index (χ0v) is 13.7. The topological polar surface area (TPSA) is 47.6 Å². The summed E-state index contributed by atoms with van der Waals surface area (Å²) in [7, 11) is 0. The number of allylic oxidation sites excluding steroid dienone is 1. The molecule has 0 aliphatic carbocycles. The lowest BCUT2D eigenvalue weighted by Gasteiger charge is -2.16. The molecule has 1 atom stereocenters. The smallest absolute Gasteiger partial charge is 0.248 e. The number of rotatable bonds is 8. The Kier molecular flexibility index (Phi) is 5.95. The molecular formula is C17H21NO3S. The van der Waals surface area contributed by atoms with Crippen molar-refractivity contribution in [1.29, 1.82) is 0 Å². The molecule has 0 unspecified atom stereocenters. The number of carbonyl (C=O) groups is 1. The molecule has 4 nitrogen and oxygen atoms in total. The van der Waals surface area contributed by atoms with Crippen LogP contribution in [-0.2, 0) is 16.1 Å². The van der Waals surface area contributed by atoms with Gasteiger partial charge in [0.15, 0.2) is 0 Å². The Morgan fingerprint density at radius 1 is 1.36 bits per heavy atom. The molecule has 2 rings (SSSR count). The number of carbonyl (C=O) groups excluding carboxylic acids is 1. The number of nitrogens with one attached hydrogen (secondary N) is 1. The molecular weight excluding hydrogens is 298 g/mol. The van der Waals surface area contributed by atoms with Crippen LogP contribution in [0, 0.1) is 0 Å². The van der Waals surface area contributed by atoms with E-state index in [0.717, 1.165) is 29.2 Å².